The quantitative estimate of drug-likeness (QED) is 0.878. The largest absolute Gasteiger partial charge is 0.375 e. The Morgan fingerprint density at radius 1 is 1.35 bits per heavy atom. The van der Waals surface area contributed by atoms with E-state index in [4.69, 9.17) is 5.73 Å². The second-order valence-corrected chi connectivity index (χ2v) is 5.03. The maximum atomic E-state index is 12.5. The molecule has 0 spiro atoms. The number of aromatic nitrogens is 2. The van der Waals surface area contributed by atoms with E-state index in [1.54, 1.807) is 10.8 Å². The zero-order valence-corrected chi connectivity index (χ0v) is 11.2. The molecule has 2 heterocycles. The third kappa shape index (κ3) is 2.32. The van der Waals surface area contributed by atoms with Gasteiger partial charge >= 0.3 is 0 Å². The number of anilines is 1. The number of aryl methyl sites for hydroxylation is 1. The Hall–Kier alpha value is -2.14. The lowest BCUT2D eigenvalue weighted by Gasteiger charge is -2.13. The normalized spacial score (nSPS) is 16.9. The molecule has 1 atom stereocenters. The SMILES string of the molecule is NC[C@@H]1CCc2ncc(NCc3ccccc3)c(=O)n21. The van der Waals surface area contributed by atoms with Gasteiger partial charge in [0, 0.05) is 19.5 Å². The lowest BCUT2D eigenvalue weighted by Crippen LogP contribution is -2.30. The van der Waals surface area contributed by atoms with Crippen LogP contribution in [0.4, 0.5) is 5.69 Å². The molecular weight excluding hydrogens is 252 g/mol. The van der Waals surface area contributed by atoms with Crippen LogP contribution in [0.1, 0.15) is 23.9 Å². The Balaban J connectivity index is 1.83. The smallest absolute Gasteiger partial charge is 0.277 e. The number of benzene rings is 1. The first-order valence-corrected chi connectivity index (χ1v) is 6.88. The fourth-order valence-corrected chi connectivity index (χ4v) is 2.63. The van der Waals surface area contributed by atoms with Crippen LogP contribution in [-0.2, 0) is 13.0 Å². The molecule has 0 aliphatic carbocycles. The van der Waals surface area contributed by atoms with E-state index in [2.05, 4.69) is 10.3 Å². The Labute approximate surface area is 117 Å². The average molecular weight is 270 g/mol. The van der Waals surface area contributed by atoms with E-state index in [0.29, 0.717) is 18.8 Å². The molecule has 0 saturated heterocycles. The van der Waals surface area contributed by atoms with Crippen molar-refractivity contribution in [2.75, 3.05) is 11.9 Å². The van der Waals surface area contributed by atoms with Gasteiger partial charge < -0.3 is 11.1 Å². The van der Waals surface area contributed by atoms with Gasteiger partial charge in [-0.15, -0.1) is 0 Å². The fourth-order valence-electron chi connectivity index (χ4n) is 2.63. The van der Waals surface area contributed by atoms with E-state index in [0.717, 1.165) is 24.2 Å². The molecule has 104 valence electrons. The molecule has 0 radical (unpaired) electrons. The third-order valence-electron chi connectivity index (χ3n) is 3.73. The molecule has 3 N–H and O–H groups in total. The van der Waals surface area contributed by atoms with Crippen LogP contribution in [0.3, 0.4) is 0 Å². The van der Waals surface area contributed by atoms with Crippen LogP contribution in [0.15, 0.2) is 41.3 Å². The number of hydrogen-bond donors (Lipinski definition) is 2. The Morgan fingerprint density at radius 3 is 2.90 bits per heavy atom. The molecule has 3 rings (SSSR count). The summed E-state index contributed by atoms with van der Waals surface area (Å²) in [6.07, 6.45) is 3.37. The fraction of sp³-hybridized carbons (Fsp3) is 0.333. The molecule has 0 saturated carbocycles. The molecule has 0 unspecified atom stereocenters. The van der Waals surface area contributed by atoms with Crippen LogP contribution in [-0.4, -0.2) is 16.1 Å². The lowest BCUT2D eigenvalue weighted by atomic mass is 10.2. The maximum absolute atomic E-state index is 12.5. The molecule has 5 heteroatoms. The van der Waals surface area contributed by atoms with Gasteiger partial charge in [0.15, 0.2) is 0 Å². The number of nitrogens with zero attached hydrogens (tertiary/aromatic N) is 2. The number of hydrogen-bond acceptors (Lipinski definition) is 4. The predicted molar refractivity (Wildman–Crippen MR) is 78.7 cm³/mol. The summed E-state index contributed by atoms with van der Waals surface area (Å²) in [5.74, 6) is 0.843. The van der Waals surface area contributed by atoms with Gasteiger partial charge in [-0.05, 0) is 12.0 Å². The molecule has 1 aromatic heterocycles. The van der Waals surface area contributed by atoms with E-state index in [9.17, 15) is 4.79 Å². The molecule has 20 heavy (non-hydrogen) atoms. The Bertz CT molecular complexity index is 651. The summed E-state index contributed by atoms with van der Waals surface area (Å²) in [7, 11) is 0. The van der Waals surface area contributed by atoms with Crippen molar-refractivity contribution >= 4 is 5.69 Å². The number of nitrogens with one attached hydrogen (secondary N) is 1. The van der Waals surface area contributed by atoms with Crippen molar-refractivity contribution in [3.63, 3.8) is 0 Å². The van der Waals surface area contributed by atoms with Gasteiger partial charge in [-0.2, -0.15) is 0 Å². The van der Waals surface area contributed by atoms with Crippen molar-refractivity contribution < 1.29 is 0 Å². The number of rotatable bonds is 4. The lowest BCUT2D eigenvalue weighted by molar-refractivity contribution is 0.523. The number of nitrogens with two attached hydrogens (primary N) is 1. The van der Waals surface area contributed by atoms with Crippen molar-refractivity contribution in [2.45, 2.75) is 25.4 Å². The monoisotopic (exact) mass is 270 g/mol. The maximum Gasteiger partial charge on any atom is 0.277 e. The first kappa shape index (κ1) is 12.9. The van der Waals surface area contributed by atoms with E-state index < -0.39 is 0 Å². The van der Waals surface area contributed by atoms with Crippen molar-refractivity contribution in [1.82, 2.24) is 9.55 Å². The van der Waals surface area contributed by atoms with E-state index >= 15 is 0 Å². The molecule has 0 bridgehead atoms. The molecule has 1 aliphatic heterocycles. The van der Waals surface area contributed by atoms with Crippen molar-refractivity contribution in [2.24, 2.45) is 5.73 Å². The van der Waals surface area contributed by atoms with Crippen molar-refractivity contribution in [1.29, 1.82) is 0 Å². The van der Waals surface area contributed by atoms with Crippen LogP contribution < -0.4 is 16.6 Å². The molecule has 0 amide bonds. The topological polar surface area (TPSA) is 72.9 Å². The minimum atomic E-state index is -0.0149. The summed E-state index contributed by atoms with van der Waals surface area (Å²) in [4.78, 5) is 16.8. The standard InChI is InChI=1S/C15H18N4O/c16-8-12-6-7-14-18-10-13(15(20)19(12)14)17-9-11-4-2-1-3-5-11/h1-5,10,12,17H,6-9,16H2/t12-/m0/s1. The van der Waals surface area contributed by atoms with Crippen LogP contribution in [0.5, 0.6) is 0 Å². The van der Waals surface area contributed by atoms with Crippen molar-refractivity contribution in [3.8, 4) is 0 Å². The van der Waals surface area contributed by atoms with Crippen LogP contribution >= 0.6 is 0 Å². The summed E-state index contributed by atoms with van der Waals surface area (Å²) in [6, 6.07) is 10.1. The molecule has 5 nitrogen and oxygen atoms in total. The molecule has 2 aromatic rings. The Kier molecular flexibility index (Phi) is 3.52. The summed E-state index contributed by atoms with van der Waals surface area (Å²) >= 11 is 0. The highest BCUT2D eigenvalue weighted by Crippen LogP contribution is 2.21. The second kappa shape index (κ2) is 5.46. The van der Waals surface area contributed by atoms with Gasteiger partial charge in [0.2, 0.25) is 0 Å². The average Bonchev–Trinajstić information content (AvgIpc) is 2.91. The van der Waals surface area contributed by atoms with Crippen LogP contribution in [0, 0.1) is 0 Å². The van der Waals surface area contributed by atoms with Crippen LogP contribution in [0.2, 0.25) is 0 Å². The van der Waals surface area contributed by atoms with Gasteiger partial charge in [-0.25, -0.2) is 4.98 Å². The second-order valence-electron chi connectivity index (χ2n) is 5.03. The number of fused-ring (bicyclic) bond motifs is 1. The van der Waals surface area contributed by atoms with Gasteiger partial charge in [0.25, 0.3) is 5.56 Å². The first-order chi connectivity index (χ1) is 9.79. The summed E-state index contributed by atoms with van der Waals surface area (Å²) in [5, 5.41) is 3.17. The highest BCUT2D eigenvalue weighted by Gasteiger charge is 2.24. The van der Waals surface area contributed by atoms with Gasteiger partial charge in [-0.3, -0.25) is 9.36 Å². The molecule has 1 aliphatic rings. The van der Waals surface area contributed by atoms with E-state index in [1.807, 2.05) is 30.3 Å². The molecule has 0 fully saturated rings. The molecule has 1 aromatic carbocycles. The summed E-state index contributed by atoms with van der Waals surface area (Å²) in [6.45, 7) is 1.10. The highest BCUT2D eigenvalue weighted by atomic mass is 16.1. The zero-order chi connectivity index (χ0) is 13.9. The first-order valence-electron chi connectivity index (χ1n) is 6.88. The zero-order valence-electron chi connectivity index (χ0n) is 11.2. The van der Waals surface area contributed by atoms with Gasteiger partial charge in [0.1, 0.15) is 11.5 Å². The van der Waals surface area contributed by atoms with Crippen molar-refractivity contribution in [3.05, 3.63) is 58.3 Å². The minimum Gasteiger partial charge on any atom is -0.375 e. The minimum absolute atomic E-state index is 0.0149. The summed E-state index contributed by atoms with van der Waals surface area (Å²) < 4.78 is 1.74. The third-order valence-corrected chi connectivity index (χ3v) is 3.73. The summed E-state index contributed by atoms with van der Waals surface area (Å²) in [5.41, 5.74) is 7.38. The Morgan fingerprint density at radius 2 is 2.15 bits per heavy atom. The van der Waals surface area contributed by atoms with E-state index in [-0.39, 0.29) is 11.6 Å². The highest BCUT2D eigenvalue weighted by molar-refractivity contribution is 5.40. The predicted octanol–water partition coefficient (Wildman–Crippen LogP) is 1.30. The van der Waals surface area contributed by atoms with Crippen LogP contribution in [0.25, 0.3) is 0 Å². The van der Waals surface area contributed by atoms with Gasteiger partial charge in [-0.1, -0.05) is 30.3 Å². The molecular formula is C15H18N4O. The van der Waals surface area contributed by atoms with Gasteiger partial charge in [0.05, 0.1) is 12.2 Å². The van der Waals surface area contributed by atoms with E-state index in [1.165, 1.54) is 0 Å².